The third-order valence-electron chi connectivity index (χ3n) is 2.78. The predicted octanol–water partition coefficient (Wildman–Crippen LogP) is -0.0284. The number of carbonyl (C=O) groups excluding carboxylic acids is 1. The van der Waals surface area contributed by atoms with Crippen LogP contribution < -0.4 is 11.1 Å². The van der Waals surface area contributed by atoms with E-state index < -0.39 is 17.8 Å². The van der Waals surface area contributed by atoms with Crippen LogP contribution in [0.2, 0.25) is 0 Å². The maximum absolute atomic E-state index is 11.1. The van der Waals surface area contributed by atoms with E-state index in [0.29, 0.717) is 6.42 Å². The van der Waals surface area contributed by atoms with Crippen molar-refractivity contribution in [2.45, 2.75) is 51.0 Å². The van der Waals surface area contributed by atoms with E-state index in [1.807, 2.05) is 6.92 Å². The summed E-state index contributed by atoms with van der Waals surface area (Å²) in [5, 5.41) is 12.4. The number of alkyl carbamates (subject to hydrolysis) is 1. The quantitative estimate of drug-likeness (QED) is 0.600. The molecule has 5 heteroatoms. The first-order chi connectivity index (χ1) is 6.41. The second-order valence-corrected chi connectivity index (χ2v) is 3.98. The standard InChI is InChI=1S/C9H18N2O3/c1-4-6(12)9(3)7(5(2)10)11-8(13)14-9/h5-7,12H,4,10H2,1-3H3,(H,11,13). The van der Waals surface area contributed by atoms with Gasteiger partial charge in [-0.2, -0.15) is 0 Å². The van der Waals surface area contributed by atoms with Gasteiger partial charge in [-0.05, 0) is 20.3 Å². The summed E-state index contributed by atoms with van der Waals surface area (Å²) in [4.78, 5) is 11.1. The van der Waals surface area contributed by atoms with E-state index in [4.69, 9.17) is 10.5 Å². The van der Waals surface area contributed by atoms with Gasteiger partial charge < -0.3 is 20.9 Å². The van der Waals surface area contributed by atoms with E-state index in [0.717, 1.165) is 0 Å². The molecule has 0 radical (unpaired) electrons. The van der Waals surface area contributed by atoms with Gasteiger partial charge in [-0.3, -0.25) is 0 Å². The van der Waals surface area contributed by atoms with Gasteiger partial charge >= 0.3 is 6.09 Å². The second-order valence-electron chi connectivity index (χ2n) is 3.98. The number of rotatable bonds is 3. The van der Waals surface area contributed by atoms with Crippen LogP contribution in [0.4, 0.5) is 4.79 Å². The zero-order chi connectivity index (χ0) is 10.9. The predicted molar refractivity (Wildman–Crippen MR) is 51.8 cm³/mol. The van der Waals surface area contributed by atoms with E-state index in [9.17, 15) is 9.90 Å². The van der Waals surface area contributed by atoms with Crippen LogP contribution in [-0.4, -0.2) is 35.0 Å². The summed E-state index contributed by atoms with van der Waals surface area (Å²) in [6.07, 6.45) is -0.686. The fourth-order valence-electron chi connectivity index (χ4n) is 1.90. The summed E-state index contributed by atoms with van der Waals surface area (Å²) in [6.45, 7) is 5.31. The third kappa shape index (κ3) is 1.69. The van der Waals surface area contributed by atoms with Crippen molar-refractivity contribution in [2.75, 3.05) is 0 Å². The maximum Gasteiger partial charge on any atom is 0.408 e. The molecule has 1 saturated heterocycles. The highest BCUT2D eigenvalue weighted by molar-refractivity contribution is 5.71. The van der Waals surface area contributed by atoms with Crippen molar-refractivity contribution >= 4 is 6.09 Å². The number of nitrogens with two attached hydrogens (primary N) is 1. The molecule has 1 aliphatic heterocycles. The highest BCUT2D eigenvalue weighted by Gasteiger charge is 2.51. The van der Waals surface area contributed by atoms with E-state index in [2.05, 4.69) is 5.32 Å². The lowest BCUT2D eigenvalue weighted by Crippen LogP contribution is -2.57. The van der Waals surface area contributed by atoms with E-state index in [1.54, 1.807) is 13.8 Å². The number of aliphatic hydroxyl groups excluding tert-OH is 1. The van der Waals surface area contributed by atoms with Crippen LogP contribution in [-0.2, 0) is 4.74 Å². The second kappa shape index (κ2) is 3.74. The molecular formula is C9H18N2O3. The molecule has 82 valence electrons. The molecule has 4 atom stereocenters. The molecule has 4 unspecified atom stereocenters. The molecule has 0 bridgehead atoms. The Kier molecular flexibility index (Phi) is 3.01. The number of hydrogen-bond donors (Lipinski definition) is 3. The van der Waals surface area contributed by atoms with Gasteiger partial charge in [0.25, 0.3) is 0 Å². The first-order valence-corrected chi connectivity index (χ1v) is 4.85. The van der Waals surface area contributed by atoms with Gasteiger partial charge in [0, 0.05) is 6.04 Å². The van der Waals surface area contributed by atoms with Gasteiger partial charge in [0.15, 0.2) is 5.60 Å². The fourth-order valence-corrected chi connectivity index (χ4v) is 1.90. The largest absolute Gasteiger partial charge is 0.438 e. The molecule has 0 aromatic heterocycles. The zero-order valence-corrected chi connectivity index (χ0v) is 8.78. The van der Waals surface area contributed by atoms with Gasteiger partial charge in [-0.1, -0.05) is 6.92 Å². The Morgan fingerprint density at radius 1 is 1.79 bits per heavy atom. The van der Waals surface area contributed by atoms with Crippen LogP contribution in [0.5, 0.6) is 0 Å². The summed E-state index contributed by atoms with van der Waals surface area (Å²) >= 11 is 0. The molecule has 1 heterocycles. The molecule has 0 aromatic rings. The smallest absolute Gasteiger partial charge is 0.408 e. The van der Waals surface area contributed by atoms with Crippen LogP contribution in [0.1, 0.15) is 27.2 Å². The first-order valence-electron chi connectivity index (χ1n) is 4.85. The first kappa shape index (κ1) is 11.3. The van der Waals surface area contributed by atoms with Crippen molar-refractivity contribution in [1.82, 2.24) is 5.32 Å². The number of carbonyl (C=O) groups is 1. The Balaban J connectivity index is 2.88. The molecule has 4 N–H and O–H groups in total. The van der Waals surface area contributed by atoms with Crippen molar-refractivity contribution in [3.8, 4) is 0 Å². The van der Waals surface area contributed by atoms with Gasteiger partial charge in [-0.15, -0.1) is 0 Å². The summed E-state index contributed by atoms with van der Waals surface area (Å²) < 4.78 is 5.10. The van der Waals surface area contributed by atoms with Crippen LogP contribution in [0.25, 0.3) is 0 Å². The molecule has 0 spiro atoms. The lowest BCUT2D eigenvalue weighted by Gasteiger charge is -2.34. The topological polar surface area (TPSA) is 84.6 Å². The molecule has 1 rings (SSSR count). The highest BCUT2D eigenvalue weighted by Crippen LogP contribution is 2.29. The minimum Gasteiger partial charge on any atom is -0.438 e. The Hall–Kier alpha value is -0.810. The lowest BCUT2D eigenvalue weighted by atomic mass is 9.86. The number of cyclic esters (lactones) is 1. The van der Waals surface area contributed by atoms with Crippen molar-refractivity contribution in [1.29, 1.82) is 0 Å². The molecular weight excluding hydrogens is 184 g/mol. The lowest BCUT2D eigenvalue weighted by molar-refractivity contribution is -0.0607. The molecule has 1 amide bonds. The van der Waals surface area contributed by atoms with Gasteiger partial charge in [0.1, 0.15) is 0 Å². The highest BCUT2D eigenvalue weighted by atomic mass is 16.6. The van der Waals surface area contributed by atoms with Gasteiger partial charge in [-0.25, -0.2) is 4.79 Å². The van der Waals surface area contributed by atoms with Gasteiger partial charge in [0.05, 0.1) is 12.1 Å². The van der Waals surface area contributed by atoms with Crippen molar-refractivity contribution < 1.29 is 14.6 Å². The normalized spacial score (nSPS) is 36.1. The third-order valence-corrected chi connectivity index (χ3v) is 2.78. The summed E-state index contributed by atoms with van der Waals surface area (Å²) in [6, 6.07) is -0.599. The van der Waals surface area contributed by atoms with Crippen molar-refractivity contribution in [2.24, 2.45) is 5.73 Å². The molecule has 1 aliphatic rings. The monoisotopic (exact) mass is 202 g/mol. The average Bonchev–Trinajstić information content (AvgIpc) is 2.41. The Labute approximate surface area is 83.6 Å². The number of aliphatic hydroxyl groups is 1. The zero-order valence-electron chi connectivity index (χ0n) is 8.78. The molecule has 1 fully saturated rings. The Morgan fingerprint density at radius 3 is 2.79 bits per heavy atom. The van der Waals surface area contributed by atoms with Crippen LogP contribution in [0.15, 0.2) is 0 Å². The summed E-state index contributed by atoms with van der Waals surface area (Å²) in [7, 11) is 0. The van der Waals surface area contributed by atoms with Crippen molar-refractivity contribution in [3.63, 3.8) is 0 Å². The van der Waals surface area contributed by atoms with Crippen LogP contribution in [0, 0.1) is 0 Å². The maximum atomic E-state index is 11.1. The molecule has 0 aromatic carbocycles. The minimum atomic E-state index is -0.917. The number of hydrogen-bond acceptors (Lipinski definition) is 4. The fraction of sp³-hybridized carbons (Fsp3) is 0.889. The SMILES string of the molecule is CCC(O)C1(C)OC(=O)NC1C(C)N. The Bertz CT molecular complexity index is 232. The van der Waals surface area contributed by atoms with Crippen LogP contribution >= 0.6 is 0 Å². The minimum absolute atomic E-state index is 0.257. The molecule has 14 heavy (non-hydrogen) atoms. The van der Waals surface area contributed by atoms with E-state index in [-0.39, 0.29) is 12.1 Å². The molecule has 0 saturated carbocycles. The average molecular weight is 202 g/mol. The van der Waals surface area contributed by atoms with Crippen LogP contribution in [0.3, 0.4) is 0 Å². The molecule has 5 nitrogen and oxygen atoms in total. The number of amides is 1. The van der Waals surface area contributed by atoms with E-state index in [1.165, 1.54) is 0 Å². The van der Waals surface area contributed by atoms with Crippen molar-refractivity contribution in [3.05, 3.63) is 0 Å². The van der Waals surface area contributed by atoms with E-state index >= 15 is 0 Å². The number of nitrogens with one attached hydrogen (secondary N) is 1. The summed E-state index contributed by atoms with van der Waals surface area (Å²) in [5.74, 6) is 0. The number of ether oxygens (including phenoxy) is 1. The van der Waals surface area contributed by atoms with Gasteiger partial charge in [0.2, 0.25) is 0 Å². The Morgan fingerprint density at radius 2 is 2.36 bits per heavy atom. The molecule has 0 aliphatic carbocycles. The summed E-state index contributed by atoms with van der Waals surface area (Å²) in [5.41, 5.74) is 4.81.